The van der Waals surface area contributed by atoms with E-state index in [1.54, 1.807) is 11.3 Å². The fraction of sp³-hybridized carbons (Fsp3) is 0.636. The third kappa shape index (κ3) is 2.35. The molecule has 2 N–H and O–H groups in total. The summed E-state index contributed by atoms with van der Waals surface area (Å²) in [6, 6.07) is 2.56. The largest absolute Gasteiger partial charge is 0.328 e. The lowest BCUT2D eigenvalue weighted by Crippen LogP contribution is -2.29. The van der Waals surface area contributed by atoms with E-state index in [2.05, 4.69) is 28.7 Å². The van der Waals surface area contributed by atoms with Crippen molar-refractivity contribution in [3.05, 3.63) is 22.4 Å². The number of thiophene rings is 1. The van der Waals surface area contributed by atoms with Crippen LogP contribution in [0.5, 0.6) is 0 Å². The Hall–Kier alpha value is -0.380. The van der Waals surface area contributed by atoms with Gasteiger partial charge in [-0.05, 0) is 48.2 Å². The van der Waals surface area contributed by atoms with Gasteiger partial charge in [0, 0.05) is 19.1 Å². The van der Waals surface area contributed by atoms with Crippen LogP contribution in [0.2, 0.25) is 0 Å². The second kappa shape index (κ2) is 4.43. The highest BCUT2D eigenvalue weighted by molar-refractivity contribution is 7.07. The van der Waals surface area contributed by atoms with Crippen LogP contribution in [0.4, 0.5) is 0 Å². The molecule has 78 valence electrons. The van der Waals surface area contributed by atoms with Crippen molar-refractivity contribution < 1.29 is 0 Å². The SMILES string of the molecule is CC(N)C1CCN(Cc2ccsc2)C1. The summed E-state index contributed by atoms with van der Waals surface area (Å²) in [5.41, 5.74) is 7.35. The van der Waals surface area contributed by atoms with Crippen molar-refractivity contribution in [3.8, 4) is 0 Å². The Kier molecular flexibility index (Phi) is 3.21. The summed E-state index contributed by atoms with van der Waals surface area (Å²) in [6.07, 6.45) is 1.27. The Bertz CT molecular complexity index is 269. The summed E-state index contributed by atoms with van der Waals surface area (Å²) >= 11 is 1.78. The van der Waals surface area contributed by atoms with Crippen LogP contribution in [-0.4, -0.2) is 24.0 Å². The van der Waals surface area contributed by atoms with Gasteiger partial charge >= 0.3 is 0 Å². The van der Waals surface area contributed by atoms with Crippen molar-refractivity contribution in [2.45, 2.75) is 25.9 Å². The molecule has 0 bridgehead atoms. The molecule has 1 aliphatic rings. The molecule has 0 amide bonds. The average Bonchev–Trinajstić information content (AvgIpc) is 2.75. The van der Waals surface area contributed by atoms with Gasteiger partial charge in [-0.3, -0.25) is 4.90 Å². The molecule has 2 atom stereocenters. The van der Waals surface area contributed by atoms with Crippen molar-refractivity contribution >= 4 is 11.3 Å². The maximum atomic E-state index is 5.91. The van der Waals surface area contributed by atoms with Crippen molar-refractivity contribution in [1.82, 2.24) is 4.90 Å². The van der Waals surface area contributed by atoms with E-state index in [1.807, 2.05) is 0 Å². The van der Waals surface area contributed by atoms with Crippen molar-refractivity contribution in [3.63, 3.8) is 0 Å². The van der Waals surface area contributed by atoms with Gasteiger partial charge in [0.15, 0.2) is 0 Å². The van der Waals surface area contributed by atoms with E-state index >= 15 is 0 Å². The molecule has 2 rings (SSSR count). The van der Waals surface area contributed by atoms with E-state index in [0.29, 0.717) is 12.0 Å². The van der Waals surface area contributed by atoms with Crippen LogP contribution < -0.4 is 5.73 Å². The normalized spacial score (nSPS) is 25.4. The standard InChI is InChI=1S/C11H18N2S/c1-9(12)11-2-4-13(7-11)6-10-3-5-14-8-10/h3,5,8-9,11H,2,4,6-7,12H2,1H3. The third-order valence-corrected chi connectivity index (χ3v) is 3.77. The predicted octanol–water partition coefficient (Wildman–Crippen LogP) is 1.92. The Balaban J connectivity index is 1.84. The number of hydrogen-bond acceptors (Lipinski definition) is 3. The Morgan fingerprint density at radius 3 is 3.14 bits per heavy atom. The molecule has 3 heteroatoms. The monoisotopic (exact) mass is 210 g/mol. The number of likely N-dealkylation sites (tertiary alicyclic amines) is 1. The first-order chi connectivity index (χ1) is 6.75. The van der Waals surface area contributed by atoms with Crippen LogP contribution >= 0.6 is 11.3 Å². The smallest absolute Gasteiger partial charge is 0.0242 e. The highest BCUT2D eigenvalue weighted by Gasteiger charge is 2.24. The van der Waals surface area contributed by atoms with E-state index < -0.39 is 0 Å². The second-order valence-corrected chi connectivity index (χ2v) is 5.05. The first-order valence-corrected chi connectivity index (χ1v) is 6.19. The summed E-state index contributed by atoms with van der Waals surface area (Å²) in [5, 5.41) is 4.38. The molecule has 0 spiro atoms. The molecule has 1 aromatic rings. The molecule has 1 aliphatic heterocycles. The molecule has 14 heavy (non-hydrogen) atoms. The van der Waals surface area contributed by atoms with Crippen LogP contribution in [0.25, 0.3) is 0 Å². The quantitative estimate of drug-likeness (QED) is 0.826. The molecular weight excluding hydrogens is 192 g/mol. The van der Waals surface area contributed by atoms with Crippen molar-refractivity contribution in [2.75, 3.05) is 13.1 Å². The number of nitrogens with two attached hydrogens (primary N) is 1. The summed E-state index contributed by atoms with van der Waals surface area (Å²) in [7, 11) is 0. The van der Waals surface area contributed by atoms with Crippen molar-refractivity contribution in [1.29, 1.82) is 0 Å². The van der Waals surface area contributed by atoms with Gasteiger partial charge in [-0.25, -0.2) is 0 Å². The van der Waals surface area contributed by atoms with E-state index in [1.165, 1.54) is 25.1 Å². The highest BCUT2D eigenvalue weighted by Crippen LogP contribution is 2.21. The first kappa shape index (κ1) is 10.1. The molecule has 1 aromatic heterocycles. The summed E-state index contributed by atoms with van der Waals surface area (Å²) < 4.78 is 0. The minimum atomic E-state index is 0.350. The van der Waals surface area contributed by atoms with Gasteiger partial charge in [0.1, 0.15) is 0 Å². The first-order valence-electron chi connectivity index (χ1n) is 5.24. The second-order valence-electron chi connectivity index (χ2n) is 4.27. The van der Waals surface area contributed by atoms with E-state index in [4.69, 9.17) is 5.73 Å². The van der Waals surface area contributed by atoms with Gasteiger partial charge in [-0.1, -0.05) is 0 Å². The average molecular weight is 210 g/mol. The summed E-state index contributed by atoms with van der Waals surface area (Å²) in [6.45, 7) is 5.61. The molecule has 0 radical (unpaired) electrons. The summed E-state index contributed by atoms with van der Waals surface area (Å²) in [5.74, 6) is 0.702. The molecule has 2 heterocycles. The molecule has 0 aromatic carbocycles. The lowest BCUT2D eigenvalue weighted by Gasteiger charge is -2.17. The van der Waals surface area contributed by atoms with E-state index in [9.17, 15) is 0 Å². The lowest BCUT2D eigenvalue weighted by molar-refractivity contribution is 0.309. The molecule has 2 unspecified atom stereocenters. The van der Waals surface area contributed by atoms with E-state index in [-0.39, 0.29) is 0 Å². The Morgan fingerprint density at radius 1 is 1.71 bits per heavy atom. The van der Waals surface area contributed by atoms with Crippen LogP contribution in [-0.2, 0) is 6.54 Å². The van der Waals surface area contributed by atoms with Crippen LogP contribution in [0, 0.1) is 5.92 Å². The zero-order valence-corrected chi connectivity index (χ0v) is 9.46. The van der Waals surface area contributed by atoms with Gasteiger partial charge in [-0.15, -0.1) is 0 Å². The molecule has 1 saturated heterocycles. The van der Waals surface area contributed by atoms with Crippen LogP contribution in [0.3, 0.4) is 0 Å². The zero-order valence-electron chi connectivity index (χ0n) is 8.65. The van der Waals surface area contributed by atoms with E-state index in [0.717, 1.165) is 6.54 Å². The Labute approximate surface area is 89.7 Å². The minimum absolute atomic E-state index is 0.350. The predicted molar refractivity (Wildman–Crippen MR) is 61.4 cm³/mol. The molecule has 1 fully saturated rings. The van der Waals surface area contributed by atoms with Gasteiger partial charge in [0.05, 0.1) is 0 Å². The fourth-order valence-electron chi connectivity index (χ4n) is 2.08. The molecular formula is C11H18N2S. The van der Waals surface area contributed by atoms with Crippen LogP contribution in [0.15, 0.2) is 16.8 Å². The molecule has 2 nitrogen and oxygen atoms in total. The van der Waals surface area contributed by atoms with Crippen molar-refractivity contribution in [2.24, 2.45) is 11.7 Å². The molecule has 0 saturated carbocycles. The zero-order chi connectivity index (χ0) is 9.97. The number of rotatable bonds is 3. The maximum Gasteiger partial charge on any atom is 0.0242 e. The van der Waals surface area contributed by atoms with Gasteiger partial charge in [-0.2, -0.15) is 11.3 Å². The number of nitrogens with zero attached hydrogens (tertiary/aromatic N) is 1. The maximum absolute atomic E-state index is 5.91. The van der Waals surface area contributed by atoms with Gasteiger partial charge in [0.2, 0.25) is 0 Å². The molecule has 0 aliphatic carbocycles. The van der Waals surface area contributed by atoms with Gasteiger partial charge in [0.25, 0.3) is 0 Å². The third-order valence-electron chi connectivity index (χ3n) is 3.04. The fourth-order valence-corrected chi connectivity index (χ4v) is 2.74. The topological polar surface area (TPSA) is 29.3 Å². The number of hydrogen-bond donors (Lipinski definition) is 1. The highest BCUT2D eigenvalue weighted by atomic mass is 32.1. The summed E-state index contributed by atoms with van der Waals surface area (Å²) in [4.78, 5) is 2.51. The Morgan fingerprint density at radius 2 is 2.57 bits per heavy atom. The minimum Gasteiger partial charge on any atom is -0.328 e. The van der Waals surface area contributed by atoms with Crippen LogP contribution in [0.1, 0.15) is 18.9 Å². The lowest BCUT2D eigenvalue weighted by atomic mass is 10.0. The van der Waals surface area contributed by atoms with Gasteiger partial charge < -0.3 is 5.73 Å².